The van der Waals surface area contributed by atoms with Crippen LogP contribution in [0.4, 0.5) is 11.9 Å². The molecule has 12 heteroatoms. The third kappa shape index (κ3) is 5.63. The zero-order chi connectivity index (χ0) is 30.8. The molecule has 12 nitrogen and oxygen atoms in total. The summed E-state index contributed by atoms with van der Waals surface area (Å²) < 4.78 is 16.6. The Bertz CT molecular complexity index is 1860. The lowest BCUT2D eigenvalue weighted by molar-refractivity contribution is 0.101. The molecule has 0 aliphatic heterocycles. The van der Waals surface area contributed by atoms with Crippen LogP contribution in [0.25, 0.3) is 33.5 Å². The van der Waals surface area contributed by atoms with Gasteiger partial charge in [0.2, 0.25) is 11.9 Å². The second-order valence-corrected chi connectivity index (χ2v) is 10.3. The average molecular weight is 584 g/mol. The molecule has 3 heterocycles. The van der Waals surface area contributed by atoms with Gasteiger partial charge in [-0.25, -0.2) is 9.97 Å². The van der Waals surface area contributed by atoms with Gasteiger partial charge in [0.15, 0.2) is 0 Å². The third-order valence-corrected chi connectivity index (χ3v) is 7.42. The number of ether oxygens (including phenoxy) is 2. The van der Waals surface area contributed by atoms with Gasteiger partial charge in [0, 0.05) is 30.9 Å². The monoisotopic (exact) mass is 583 g/mol. The molecule has 1 amide bonds. The van der Waals surface area contributed by atoms with E-state index in [1.54, 1.807) is 25.0 Å². The van der Waals surface area contributed by atoms with Gasteiger partial charge in [0.1, 0.15) is 22.7 Å². The maximum Gasteiger partial charge on any atom is 0.276 e. The zero-order valence-corrected chi connectivity index (χ0v) is 25.0. The summed E-state index contributed by atoms with van der Waals surface area (Å²) in [6, 6.07) is 11.3. The Morgan fingerprint density at radius 1 is 1.00 bits per heavy atom. The van der Waals surface area contributed by atoms with Crippen molar-refractivity contribution in [3.05, 3.63) is 72.1 Å². The number of fused-ring (bicyclic) bond motifs is 2. The van der Waals surface area contributed by atoms with Gasteiger partial charge in [-0.2, -0.15) is 5.10 Å². The second-order valence-electron chi connectivity index (χ2n) is 10.3. The summed E-state index contributed by atoms with van der Waals surface area (Å²) in [4.78, 5) is 22.6. The number of aryl methyl sites for hydroxylation is 4. The van der Waals surface area contributed by atoms with Crippen LogP contribution in [-0.4, -0.2) is 49.0 Å². The zero-order valence-electron chi connectivity index (χ0n) is 25.0. The number of nitrogen functional groups attached to an aromatic ring is 1. The van der Waals surface area contributed by atoms with Crippen molar-refractivity contribution in [3.63, 3.8) is 0 Å². The van der Waals surface area contributed by atoms with Gasteiger partial charge < -0.3 is 30.1 Å². The number of carbonyl (C=O) groups excluding carboxylic acids is 1. The summed E-state index contributed by atoms with van der Waals surface area (Å²) in [7, 11) is 3.18. The molecule has 0 aliphatic rings. The fraction of sp³-hybridized carbons (Fsp3) is 0.290. The number of imidazole rings is 2. The van der Waals surface area contributed by atoms with E-state index in [0.717, 1.165) is 40.7 Å². The van der Waals surface area contributed by atoms with E-state index in [0.29, 0.717) is 65.5 Å². The normalized spacial score (nSPS) is 11.3. The highest BCUT2D eigenvalue weighted by molar-refractivity contribution is 6.03. The molecule has 0 unspecified atom stereocenters. The van der Waals surface area contributed by atoms with Crippen molar-refractivity contribution < 1.29 is 14.3 Å². The van der Waals surface area contributed by atoms with Gasteiger partial charge in [-0.3, -0.25) is 14.8 Å². The molecule has 3 aromatic heterocycles. The van der Waals surface area contributed by atoms with E-state index in [9.17, 15) is 4.79 Å². The summed E-state index contributed by atoms with van der Waals surface area (Å²) >= 11 is 0. The topological polar surface area (TPSA) is 153 Å². The molecule has 5 rings (SSSR count). The highest BCUT2D eigenvalue weighted by Crippen LogP contribution is 2.32. The Morgan fingerprint density at radius 2 is 1.72 bits per heavy atom. The quantitative estimate of drug-likeness (QED) is 0.140. The predicted octanol–water partition coefficient (Wildman–Crippen LogP) is 4.78. The highest BCUT2D eigenvalue weighted by atomic mass is 16.5. The van der Waals surface area contributed by atoms with Crippen LogP contribution in [0.2, 0.25) is 0 Å². The number of nitrogens with zero attached hydrogens (tertiary/aromatic N) is 6. The van der Waals surface area contributed by atoms with Crippen LogP contribution in [0, 0.1) is 6.92 Å². The van der Waals surface area contributed by atoms with E-state index in [2.05, 4.69) is 28.6 Å². The lowest BCUT2D eigenvalue weighted by Crippen LogP contribution is -2.20. The van der Waals surface area contributed by atoms with Crippen molar-refractivity contribution in [1.29, 1.82) is 0 Å². The van der Waals surface area contributed by atoms with Crippen molar-refractivity contribution in [3.8, 4) is 5.75 Å². The average Bonchev–Trinajstić information content (AvgIpc) is 3.65. The summed E-state index contributed by atoms with van der Waals surface area (Å²) in [5.74, 6) is 1.72. The van der Waals surface area contributed by atoms with Crippen molar-refractivity contribution in [2.75, 3.05) is 25.3 Å². The van der Waals surface area contributed by atoms with Crippen LogP contribution < -0.4 is 21.5 Å². The van der Waals surface area contributed by atoms with Crippen LogP contribution in [0.15, 0.2) is 49.6 Å². The number of rotatable bonds is 12. The summed E-state index contributed by atoms with van der Waals surface area (Å²) in [5.41, 5.74) is 18.6. The molecule has 5 aromatic rings. The minimum atomic E-state index is -0.275. The van der Waals surface area contributed by atoms with Gasteiger partial charge in [-0.15, -0.1) is 0 Å². The van der Waals surface area contributed by atoms with Crippen LogP contribution in [0.3, 0.4) is 0 Å². The van der Waals surface area contributed by atoms with Gasteiger partial charge >= 0.3 is 0 Å². The maximum atomic E-state index is 13.3. The Kier molecular flexibility index (Phi) is 8.11. The minimum absolute atomic E-state index is 0.275. The number of nitrogens with two attached hydrogens (primary N) is 2. The number of hydrogen-bond donors (Lipinski definition) is 3. The predicted molar refractivity (Wildman–Crippen MR) is 170 cm³/mol. The fourth-order valence-corrected chi connectivity index (χ4v) is 5.23. The summed E-state index contributed by atoms with van der Waals surface area (Å²) in [6.45, 7) is 13.4. The largest absolute Gasteiger partial charge is 0.497 e. The molecule has 5 N–H and O–H groups in total. The number of carbonyl (C=O) groups is 1. The summed E-state index contributed by atoms with van der Waals surface area (Å²) in [6.07, 6.45) is 1.55. The minimum Gasteiger partial charge on any atom is -0.497 e. The number of aromatic nitrogens is 6. The van der Waals surface area contributed by atoms with E-state index >= 15 is 0 Å². The third-order valence-electron chi connectivity index (χ3n) is 7.42. The number of nitrogens with one attached hydrogen (secondary N) is 1. The number of amides is 1. The molecular weight excluding hydrogens is 546 g/mol. The van der Waals surface area contributed by atoms with Crippen LogP contribution in [0.5, 0.6) is 5.75 Å². The Hall–Kier alpha value is -5.26. The Balaban J connectivity index is 1.40. The first-order chi connectivity index (χ1) is 20.6. The molecule has 0 aliphatic carbocycles. The van der Waals surface area contributed by atoms with Gasteiger partial charge in [0.05, 0.1) is 36.5 Å². The van der Waals surface area contributed by atoms with Gasteiger partial charge in [-0.1, -0.05) is 19.2 Å². The van der Waals surface area contributed by atoms with E-state index in [4.69, 9.17) is 25.9 Å². The van der Waals surface area contributed by atoms with E-state index in [1.165, 1.54) is 0 Å². The highest BCUT2D eigenvalue weighted by Gasteiger charge is 2.19. The van der Waals surface area contributed by atoms with E-state index in [-0.39, 0.29) is 5.91 Å². The van der Waals surface area contributed by atoms with Crippen molar-refractivity contribution in [2.24, 2.45) is 5.73 Å². The second kappa shape index (κ2) is 11.9. The van der Waals surface area contributed by atoms with Crippen LogP contribution >= 0.6 is 0 Å². The first kappa shape index (κ1) is 29.2. The molecule has 2 aromatic carbocycles. The molecule has 0 saturated carbocycles. The lowest BCUT2D eigenvalue weighted by Gasteiger charge is -2.13. The molecule has 43 heavy (non-hydrogen) atoms. The van der Waals surface area contributed by atoms with E-state index in [1.807, 2.05) is 53.3 Å². The number of benzene rings is 2. The summed E-state index contributed by atoms with van der Waals surface area (Å²) in [5, 5.41) is 7.40. The fourth-order valence-electron chi connectivity index (χ4n) is 5.23. The Morgan fingerprint density at radius 3 is 2.40 bits per heavy atom. The lowest BCUT2D eigenvalue weighted by atomic mass is 10.1. The number of methoxy groups -OCH3 is 2. The number of unbranched alkanes of at least 4 members (excludes halogenated alkanes) is 1. The number of anilines is 2. The smallest absolute Gasteiger partial charge is 0.276 e. The van der Waals surface area contributed by atoms with Crippen molar-refractivity contribution in [2.45, 2.75) is 46.3 Å². The molecular formula is C31H37N9O3. The molecule has 0 atom stereocenters. The van der Waals surface area contributed by atoms with E-state index < -0.39 is 0 Å². The maximum absolute atomic E-state index is 13.3. The molecule has 0 bridgehead atoms. The Labute approximate surface area is 249 Å². The first-order valence-electron chi connectivity index (χ1n) is 14.0. The standard InChI is InChI=1S/C31H37N9O3/c1-7-40-26(14-18(2)37-40)29(41)36-31-35-23-15-21(19(3)32)10-11-25(23)38(31)12-8-9-13-39-28-24(34-30(39)33)16-22(20(4)42-5)17-27(28)43-6/h10-11,14-17H,3-4,7-9,12-13,32H2,1-2,5-6H3,(H2,33,34)(H,35,36,41). The SMILES string of the molecule is C=C(N)c1ccc2c(c1)nc(NC(=O)c1cc(C)nn1CC)n2CCCCn1c(N)nc2cc(C(=C)OC)cc(OC)c21. The van der Waals surface area contributed by atoms with Gasteiger partial charge in [0.25, 0.3) is 5.91 Å². The molecule has 0 fully saturated rings. The number of hydrogen-bond acceptors (Lipinski definition) is 8. The molecule has 0 spiro atoms. The van der Waals surface area contributed by atoms with Crippen molar-refractivity contribution >= 4 is 51.3 Å². The van der Waals surface area contributed by atoms with Gasteiger partial charge in [-0.05, 0) is 62.6 Å². The molecule has 224 valence electrons. The van der Waals surface area contributed by atoms with Crippen LogP contribution in [0.1, 0.15) is 47.1 Å². The van der Waals surface area contributed by atoms with Crippen LogP contribution in [-0.2, 0) is 24.4 Å². The molecule has 0 radical (unpaired) electrons. The first-order valence-corrected chi connectivity index (χ1v) is 14.0. The van der Waals surface area contributed by atoms with Crippen molar-refractivity contribution in [1.82, 2.24) is 28.9 Å². The molecule has 0 saturated heterocycles.